The largest absolute Gasteiger partial charge is 0.411 e. The maximum Gasteiger partial charge on any atom is 0.411 e. The minimum atomic E-state index is -5.77. The molecule has 65 heavy (non-hydrogen) atoms. The molecule has 0 saturated heterocycles. The first-order valence-electron chi connectivity index (χ1n) is 20.9. The molecule has 10 aromatic rings. The molecule has 318 valence electrons. The monoisotopic (exact) mass is 865 g/mol. The molecule has 0 N–H and O–H groups in total. The van der Waals surface area contributed by atoms with Crippen LogP contribution in [0.4, 0.5) is 43.4 Å². The van der Waals surface area contributed by atoms with Crippen LogP contribution in [0.2, 0.25) is 0 Å². The Hall–Kier alpha value is -7.91. The molecule has 0 radical (unpaired) electrons. The lowest BCUT2D eigenvalue weighted by molar-refractivity contribution is -0.288. The van der Waals surface area contributed by atoms with E-state index in [1.165, 1.54) is 24.3 Å². The van der Waals surface area contributed by atoms with Crippen LogP contribution in [-0.4, -0.2) is 21.9 Å². The van der Waals surface area contributed by atoms with E-state index in [2.05, 4.69) is 11.0 Å². The molecule has 0 unspecified atom stereocenters. The number of para-hydroxylation sites is 3. The fourth-order valence-corrected chi connectivity index (χ4v) is 8.95. The van der Waals surface area contributed by atoms with Crippen molar-refractivity contribution in [2.75, 3.05) is 4.90 Å². The lowest BCUT2D eigenvalue weighted by Gasteiger charge is -2.38. The van der Waals surface area contributed by atoms with Crippen LogP contribution in [0, 0.1) is 0 Å². The molecule has 9 heteroatoms. The first kappa shape index (κ1) is 41.1. The van der Waals surface area contributed by atoms with Crippen LogP contribution in [0.1, 0.15) is 11.1 Å². The zero-order valence-electron chi connectivity index (χ0n) is 34.5. The fourth-order valence-electron chi connectivity index (χ4n) is 8.95. The summed E-state index contributed by atoms with van der Waals surface area (Å²) < 4.78 is 95.2. The van der Waals surface area contributed by atoms with Crippen molar-refractivity contribution < 1.29 is 26.3 Å². The topological polar surface area (TPSA) is 21.1 Å². The number of nitrogens with zero attached hydrogens (tertiary/aromatic N) is 3. The van der Waals surface area contributed by atoms with Crippen molar-refractivity contribution in [1.82, 2.24) is 9.55 Å². The van der Waals surface area contributed by atoms with E-state index < -0.39 is 28.9 Å². The van der Waals surface area contributed by atoms with Gasteiger partial charge in [0.05, 0.1) is 22.4 Å². The summed E-state index contributed by atoms with van der Waals surface area (Å²) in [6, 6.07) is 64.8. The smallest absolute Gasteiger partial charge is 0.310 e. The van der Waals surface area contributed by atoms with Gasteiger partial charge < -0.3 is 9.47 Å². The van der Waals surface area contributed by atoms with E-state index in [-0.39, 0.29) is 0 Å². The highest BCUT2D eigenvalue weighted by molar-refractivity contribution is 6.10. The molecule has 0 aliphatic rings. The van der Waals surface area contributed by atoms with Gasteiger partial charge in [0.25, 0.3) is 0 Å². The van der Waals surface area contributed by atoms with Crippen LogP contribution >= 0.6 is 0 Å². The Morgan fingerprint density at radius 1 is 0.354 bits per heavy atom. The number of aromatic nitrogens is 2. The van der Waals surface area contributed by atoms with Gasteiger partial charge in [0.2, 0.25) is 5.41 Å². The summed E-state index contributed by atoms with van der Waals surface area (Å²) in [4.78, 5) is 6.98. The van der Waals surface area contributed by atoms with Crippen molar-refractivity contribution in [3.05, 3.63) is 236 Å². The second-order valence-corrected chi connectivity index (χ2v) is 15.8. The van der Waals surface area contributed by atoms with E-state index in [9.17, 15) is 0 Å². The average molecular weight is 866 g/mol. The van der Waals surface area contributed by atoms with Gasteiger partial charge in [0.1, 0.15) is 0 Å². The molecule has 10 rings (SSSR count). The van der Waals surface area contributed by atoms with Gasteiger partial charge in [-0.3, -0.25) is 0 Å². The van der Waals surface area contributed by atoms with Crippen LogP contribution < -0.4 is 4.90 Å². The molecule has 3 nitrogen and oxygen atoms in total. The maximum absolute atomic E-state index is 15.5. The number of fused-ring (bicyclic) bond motifs is 3. The van der Waals surface area contributed by atoms with Crippen molar-refractivity contribution >= 4 is 38.9 Å². The molecular formula is C56H37F6N3. The SMILES string of the molecule is FC(F)(F)C(c1ccc(-c2cc(-c3ccccc3)nc(-c3ccccc3)c2)cc1)(c1ccc(-n2c3ccccc3c3cc(N(c4ccccc4)c4ccccc4)ccc32)cc1)C(F)(F)F. The van der Waals surface area contributed by atoms with Crippen molar-refractivity contribution in [3.8, 4) is 39.3 Å². The molecule has 0 saturated carbocycles. The zero-order valence-corrected chi connectivity index (χ0v) is 34.5. The Morgan fingerprint density at radius 3 is 1.31 bits per heavy atom. The number of hydrogen-bond acceptors (Lipinski definition) is 2. The van der Waals surface area contributed by atoms with Gasteiger partial charge in [-0.2, -0.15) is 26.3 Å². The highest BCUT2D eigenvalue weighted by atomic mass is 19.4. The average Bonchev–Trinajstić information content (AvgIpc) is 3.66. The molecule has 0 atom stereocenters. The standard InChI is InChI=1S/C56H37F6N3/c57-55(58,59)54(56(60,61)62,42-27-25-38(26-28-42)41-35-50(39-15-5-1-6-16-39)63-51(36-41)40-17-7-2-8-18-40)43-29-31-46(32-30-43)65-52-24-14-13-23-48(52)49-37-47(33-34-53(49)65)64(44-19-9-3-10-20-44)45-21-11-4-12-22-45/h1-37H. The second-order valence-electron chi connectivity index (χ2n) is 15.8. The number of rotatable bonds is 9. The number of benzene rings is 8. The van der Waals surface area contributed by atoms with Gasteiger partial charge in [-0.15, -0.1) is 0 Å². The second kappa shape index (κ2) is 16.3. The van der Waals surface area contributed by atoms with Gasteiger partial charge in [0, 0.05) is 44.6 Å². The van der Waals surface area contributed by atoms with Crippen molar-refractivity contribution in [2.24, 2.45) is 0 Å². The first-order valence-corrected chi connectivity index (χ1v) is 20.9. The van der Waals surface area contributed by atoms with E-state index in [4.69, 9.17) is 4.98 Å². The zero-order chi connectivity index (χ0) is 44.8. The lowest BCUT2D eigenvalue weighted by Crippen LogP contribution is -2.54. The molecule has 0 aliphatic carbocycles. The predicted molar refractivity (Wildman–Crippen MR) is 249 cm³/mol. The van der Waals surface area contributed by atoms with Gasteiger partial charge in [-0.25, -0.2) is 4.98 Å². The minimum absolute atomic E-state index is 0.408. The fraction of sp³-hybridized carbons (Fsp3) is 0.0536. The quantitative estimate of drug-likeness (QED) is 0.135. The Labute approximate surface area is 371 Å². The Kier molecular flexibility index (Phi) is 10.3. The summed E-state index contributed by atoms with van der Waals surface area (Å²) in [6.45, 7) is 0. The van der Waals surface area contributed by atoms with Gasteiger partial charge in [-0.1, -0.05) is 152 Å². The van der Waals surface area contributed by atoms with E-state index >= 15 is 26.3 Å². The number of hydrogen-bond donors (Lipinski definition) is 0. The Bertz CT molecular complexity index is 3150. The third-order valence-electron chi connectivity index (χ3n) is 12.0. The van der Waals surface area contributed by atoms with Crippen LogP contribution in [0.15, 0.2) is 224 Å². The van der Waals surface area contributed by atoms with Crippen molar-refractivity contribution in [2.45, 2.75) is 17.8 Å². The lowest BCUT2D eigenvalue weighted by atomic mass is 9.72. The first-order chi connectivity index (χ1) is 31.5. The minimum Gasteiger partial charge on any atom is -0.310 e. The third-order valence-corrected chi connectivity index (χ3v) is 12.0. The van der Waals surface area contributed by atoms with E-state index in [1.54, 1.807) is 12.1 Å². The molecule has 0 amide bonds. The molecular weight excluding hydrogens is 829 g/mol. The number of anilines is 3. The Balaban J connectivity index is 1.06. The Morgan fingerprint density at radius 2 is 0.800 bits per heavy atom. The highest BCUT2D eigenvalue weighted by Gasteiger charge is 2.72. The normalized spacial score (nSPS) is 12.2. The van der Waals surface area contributed by atoms with Crippen molar-refractivity contribution in [3.63, 3.8) is 0 Å². The maximum atomic E-state index is 15.5. The number of pyridine rings is 1. The summed E-state index contributed by atoms with van der Waals surface area (Å²) in [5.74, 6) is 0. The molecule has 0 aliphatic heterocycles. The third kappa shape index (κ3) is 7.28. The van der Waals surface area contributed by atoms with E-state index in [0.29, 0.717) is 28.2 Å². The van der Waals surface area contributed by atoms with Gasteiger partial charge in [-0.05, 0) is 95.1 Å². The van der Waals surface area contributed by atoms with E-state index in [0.717, 1.165) is 74.3 Å². The van der Waals surface area contributed by atoms with Crippen LogP contribution in [0.5, 0.6) is 0 Å². The summed E-state index contributed by atoms with van der Waals surface area (Å²) in [7, 11) is 0. The summed E-state index contributed by atoms with van der Waals surface area (Å²) in [6.07, 6.45) is -11.5. The molecule has 0 bridgehead atoms. The van der Waals surface area contributed by atoms with Crippen molar-refractivity contribution in [1.29, 1.82) is 0 Å². The van der Waals surface area contributed by atoms with Gasteiger partial charge >= 0.3 is 12.4 Å². The highest BCUT2D eigenvalue weighted by Crippen LogP contribution is 2.56. The summed E-state index contributed by atoms with van der Waals surface area (Å²) in [5, 5.41) is 1.73. The summed E-state index contributed by atoms with van der Waals surface area (Å²) >= 11 is 0. The molecule has 2 heterocycles. The van der Waals surface area contributed by atoms with Crippen LogP contribution in [-0.2, 0) is 5.41 Å². The summed E-state index contributed by atoms with van der Waals surface area (Å²) in [5.41, 5.74) is 2.27. The molecule has 8 aromatic carbocycles. The van der Waals surface area contributed by atoms with Crippen LogP contribution in [0.25, 0.3) is 61.1 Å². The molecule has 2 aromatic heterocycles. The van der Waals surface area contributed by atoms with E-state index in [1.807, 2.05) is 162 Å². The van der Waals surface area contributed by atoms with Gasteiger partial charge in [0.15, 0.2) is 0 Å². The molecule has 0 fully saturated rings. The van der Waals surface area contributed by atoms with Crippen LogP contribution in [0.3, 0.4) is 0 Å². The predicted octanol–water partition coefficient (Wildman–Crippen LogP) is 16.1. The number of halogens is 6. The number of alkyl halides is 6. The molecule has 0 spiro atoms.